The summed E-state index contributed by atoms with van der Waals surface area (Å²) in [4.78, 5) is 27.8. The lowest BCUT2D eigenvalue weighted by atomic mass is 10.1. The van der Waals surface area contributed by atoms with E-state index in [-0.39, 0.29) is 11.5 Å². The number of nitrogens with one attached hydrogen (secondary N) is 1. The largest absolute Gasteiger partial charge is 0.478 e. The number of fused-ring (bicyclic) bond motifs is 1. The third-order valence-electron chi connectivity index (χ3n) is 3.41. The normalized spacial score (nSPS) is 10.7. The Hall–Kier alpha value is -2.86. The average Bonchev–Trinajstić information content (AvgIpc) is 2.88. The maximum atomic E-state index is 12.2. The van der Waals surface area contributed by atoms with Crippen molar-refractivity contribution in [3.63, 3.8) is 0 Å². The minimum atomic E-state index is -1.08. The Balaban J connectivity index is 1.98. The van der Waals surface area contributed by atoms with E-state index >= 15 is 0 Å². The van der Waals surface area contributed by atoms with Gasteiger partial charge in [-0.3, -0.25) is 4.79 Å². The minimum Gasteiger partial charge on any atom is -0.478 e. The molecule has 6 nitrogen and oxygen atoms in total. The van der Waals surface area contributed by atoms with Crippen molar-refractivity contribution >= 4 is 40.2 Å². The zero-order valence-corrected chi connectivity index (χ0v) is 12.8. The summed E-state index contributed by atoms with van der Waals surface area (Å²) in [6.07, 6.45) is 1.53. The van der Waals surface area contributed by atoms with Crippen LogP contribution in [-0.2, 0) is 7.05 Å². The first-order chi connectivity index (χ1) is 11.0. The summed E-state index contributed by atoms with van der Waals surface area (Å²) in [7, 11) is 1.72. The summed E-state index contributed by atoms with van der Waals surface area (Å²) in [6, 6.07) is 9.46. The zero-order valence-electron chi connectivity index (χ0n) is 12.1. The Morgan fingerprint density at radius 2 is 1.91 bits per heavy atom. The summed E-state index contributed by atoms with van der Waals surface area (Å²) in [5.41, 5.74) is 1.87. The zero-order chi connectivity index (χ0) is 16.6. The van der Waals surface area contributed by atoms with E-state index < -0.39 is 5.97 Å². The van der Waals surface area contributed by atoms with Gasteiger partial charge in [0.15, 0.2) is 0 Å². The van der Waals surface area contributed by atoms with Gasteiger partial charge in [-0.05, 0) is 36.4 Å². The van der Waals surface area contributed by atoms with Crippen LogP contribution in [0.3, 0.4) is 0 Å². The molecule has 0 spiro atoms. The van der Waals surface area contributed by atoms with Crippen LogP contribution in [-0.4, -0.2) is 26.5 Å². The van der Waals surface area contributed by atoms with E-state index in [2.05, 4.69) is 10.3 Å². The Morgan fingerprint density at radius 1 is 1.22 bits per heavy atom. The van der Waals surface area contributed by atoms with Crippen LogP contribution in [0.15, 0.2) is 42.7 Å². The number of hydrogen-bond donors (Lipinski definition) is 2. The molecule has 1 aromatic heterocycles. The lowest BCUT2D eigenvalue weighted by molar-refractivity contribution is 0.0698. The fourth-order valence-corrected chi connectivity index (χ4v) is 2.46. The summed E-state index contributed by atoms with van der Waals surface area (Å²) >= 11 is 5.79. The molecule has 2 N–H and O–H groups in total. The highest BCUT2D eigenvalue weighted by Gasteiger charge is 2.16. The SMILES string of the molecule is Cn1cnc2cc(NC(=O)c3ccc(Cl)cc3)cc(C(=O)O)c21. The van der Waals surface area contributed by atoms with Crippen LogP contribution in [0.2, 0.25) is 5.02 Å². The molecule has 1 amide bonds. The topological polar surface area (TPSA) is 84.2 Å². The van der Waals surface area contributed by atoms with E-state index in [1.54, 1.807) is 41.9 Å². The monoisotopic (exact) mass is 329 g/mol. The van der Waals surface area contributed by atoms with Gasteiger partial charge in [0.05, 0.1) is 22.9 Å². The lowest BCUT2D eigenvalue weighted by Gasteiger charge is -2.08. The van der Waals surface area contributed by atoms with E-state index in [9.17, 15) is 14.7 Å². The fraction of sp³-hybridized carbons (Fsp3) is 0.0625. The second-order valence-electron chi connectivity index (χ2n) is 5.01. The predicted molar refractivity (Wildman–Crippen MR) is 87.1 cm³/mol. The highest BCUT2D eigenvalue weighted by molar-refractivity contribution is 6.30. The molecule has 0 saturated heterocycles. The van der Waals surface area contributed by atoms with Crippen molar-refractivity contribution in [3.8, 4) is 0 Å². The second kappa shape index (κ2) is 5.73. The van der Waals surface area contributed by atoms with Gasteiger partial charge in [-0.2, -0.15) is 0 Å². The first-order valence-electron chi connectivity index (χ1n) is 6.71. The third-order valence-corrected chi connectivity index (χ3v) is 3.66. The number of aryl methyl sites for hydroxylation is 1. The van der Waals surface area contributed by atoms with Gasteiger partial charge in [-0.15, -0.1) is 0 Å². The van der Waals surface area contributed by atoms with Crippen molar-refractivity contribution in [1.29, 1.82) is 0 Å². The number of aromatic carboxylic acids is 1. The number of nitrogens with zero attached hydrogens (tertiary/aromatic N) is 2. The number of imidazole rings is 1. The van der Waals surface area contributed by atoms with Crippen LogP contribution in [0.25, 0.3) is 11.0 Å². The molecule has 7 heteroatoms. The first-order valence-corrected chi connectivity index (χ1v) is 7.09. The van der Waals surface area contributed by atoms with Gasteiger partial charge in [0.1, 0.15) is 0 Å². The Bertz CT molecular complexity index is 916. The minimum absolute atomic E-state index is 0.0777. The molecule has 2 aromatic carbocycles. The van der Waals surface area contributed by atoms with Crippen LogP contribution < -0.4 is 5.32 Å². The van der Waals surface area contributed by atoms with Crippen LogP contribution in [0, 0.1) is 0 Å². The number of carboxylic acids is 1. The van der Waals surface area contributed by atoms with Gasteiger partial charge in [-0.1, -0.05) is 11.6 Å². The van der Waals surface area contributed by atoms with Crippen LogP contribution in [0.4, 0.5) is 5.69 Å². The Kier molecular flexibility index (Phi) is 3.75. The molecule has 23 heavy (non-hydrogen) atoms. The lowest BCUT2D eigenvalue weighted by Crippen LogP contribution is -2.12. The smallest absolute Gasteiger partial charge is 0.337 e. The van der Waals surface area contributed by atoms with E-state index in [1.165, 1.54) is 12.4 Å². The maximum absolute atomic E-state index is 12.2. The molecule has 0 aliphatic rings. The number of hydrogen-bond acceptors (Lipinski definition) is 3. The molecule has 1 heterocycles. The quantitative estimate of drug-likeness (QED) is 0.773. The predicted octanol–water partition coefficient (Wildman–Crippen LogP) is 3.18. The van der Waals surface area contributed by atoms with Crippen molar-refractivity contribution in [2.24, 2.45) is 7.05 Å². The Morgan fingerprint density at radius 3 is 2.57 bits per heavy atom. The Labute approximate surface area is 136 Å². The van der Waals surface area contributed by atoms with Crippen LogP contribution in [0.5, 0.6) is 0 Å². The standard InChI is InChI=1S/C16H12ClN3O3/c1-20-8-18-13-7-11(6-12(14(13)20)16(22)23)19-15(21)9-2-4-10(17)5-3-9/h2-8H,1H3,(H,19,21)(H,22,23). The third kappa shape index (κ3) is 2.89. The molecule has 3 aromatic rings. The van der Waals surface area contributed by atoms with E-state index in [0.29, 0.717) is 27.3 Å². The van der Waals surface area contributed by atoms with Gasteiger partial charge >= 0.3 is 5.97 Å². The number of anilines is 1. The summed E-state index contributed by atoms with van der Waals surface area (Å²) in [6.45, 7) is 0. The number of aromatic nitrogens is 2. The molecular weight excluding hydrogens is 318 g/mol. The number of carboxylic acid groups (broad SMARTS) is 1. The van der Waals surface area contributed by atoms with Crippen molar-refractivity contribution in [3.05, 3.63) is 58.9 Å². The van der Waals surface area contributed by atoms with Crippen molar-refractivity contribution in [1.82, 2.24) is 9.55 Å². The van der Waals surface area contributed by atoms with Crippen LogP contribution >= 0.6 is 11.6 Å². The molecule has 0 fully saturated rings. The van der Waals surface area contributed by atoms with E-state index in [4.69, 9.17) is 11.6 Å². The maximum Gasteiger partial charge on any atom is 0.337 e. The van der Waals surface area contributed by atoms with Gasteiger partial charge < -0.3 is 15.0 Å². The van der Waals surface area contributed by atoms with Crippen molar-refractivity contribution < 1.29 is 14.7 Å². The van der Waals surface area contributed by atoms with E-state index in [0.717, 1.165) is 0 Å². The molecule has 116 valence electrons. The van der Waals surface area contributed by atoms with Crippen LogP contribution in [0.1, 0.15) is 20.7 Å². The second-order valence-corrected chi connectivity index (χ2v) is 5.45. The summed E-state index contributed by atoms with van der Waals surface area (Å²) < 4.78 is 1.63. The van der Waals surface area contributed by atoms with Gasteiger partial charge in [-0.25, -0.2) is 9.78 Å². The molecule has 0 atom stereocenters. The number of halogens is 1. The number of amides is 1. The first kappa shape index (κ1) is 15.1. The molecule has 0 aliphatic heterocycles. The average molecular weight is 330 g/mol. The van der Waals surface area contributed by atoms with Gasteiger partial charge in [0.2, 0.25) is 0 Å². The van der Waals surface area contributed by atoms with Gasteiger partial charge in [0.25, 0.3) is 5.91 Å². The molecule has 0 unspecified atom stereocenters. The number of benzene rings is 2. The molecular formula is C16H12ClN3O3. The summed E-state index contributed by atoms with van der Waals surface area (Å²) in [5.74, 6) is -1.44. The molecule has 0 aliphatic carbocycles. The number of carbonyl (C=O) groups is 2. The highest BCUT2D eigenvalue weighted by Crippen LogP contribution is 2.23. The summed E-state index contributed by atoms with van der Waals surface area (Å²) in [5, 5.41) is 12.6. The van der Waals surface area contributed by atoms with Crippen molar-refractivity contribution in [2.45, 2.75) is 0 Å². The van der Waals surface area contributed by atoms with E-state index in [1.807, 2.05) is 0 Å². The number of rotatable bonds is 3. The molecule has 0 bridgehead atoms. The van der Waals surface area contributed by atoms with Crippen molar-refractivity contribution in [2.75, 3.05) is 5.32 Å². The highest BCUT2D eigenvalue weighted by atomic mass is 35.5. The molecule has 0 radical (unpaired) electrons. The number of carbonyl (C=O) groups excluding carboxylic acids is 1. The molecule has 3 rings (SSSR count). The fourth-order valence-electron chi connectivity index (χ4n) is 2.33. The molecule has 0 saturated carbocycles. The van der Waals surface area contributed by atoms with Gasteiger partial charge in [0, 0.05) is 23.3 Å².